The van der Waals surface area contributed by atoms with Crippen LogP contribution in [0.2, 0.25) is 0 Å². The number of anilines is 1. The molecule has 27 heavy (non-hydrogen) atoms. The number of aromatic nitrogens is 1. The van der Waals surface area contributed by atoms with Gasteiger partial charge in [-0.3, -0.25) is 13.6 Å². The summed E-state index contributed by atoms with van der Waals surface area (Å²) < 4.78 is 1.81. The van der Waals surface area contributed by atoms with E-state index in [0.29, 0.717) is 36.5 Å². The highest BCUT2D eigenvalue weighted by atomic mass is 32.2. The van der Waals surface area contributed by atoms with Gasteiger partial charge in [0.05, 0.1) is 10.6 Å². The van der Waals surface area contributed by atoms with Crippen molar-refractivity contribution >= 4 is 35.7 Å². The molecule has 1 aliphatic heterocycles. The van der Waals surface area contributed by atoms with Gasteiger partial charge in [-0.05, 0) is 62.3 Å². The molecule has 0 fully saturated rings. The number of fused-ring (bicyclic) bond motifs is 2. The van der Waals surface area contributed by atoms with Crippen molar-refractivity contribution in [1.29, 1.82) is 0 Å². The lowest BCUT2D eigenvalue weighted by molar-refractivity contribution is -0.108. The first kappa shape index (κ1) is 19.2. The second kappa shape index (κ2) is 8.88. The third-order valence-corrected chi connectivity index (χ3v) is 5.34. The lowest BCUT2D eigenvalue weighted by Crippen LogP contribution is -2.33. The van der Waals surface area contributed by atoms with E-state index < -0.39 is 0 Å². The van der Waals surface area contributed by atoms with Crippen LogP contribution in [-0.2, 0) is 4.79 Å². The average molecular weight is 386 g/mol. The van der Waals surface area contributed by atoms with Crippen LogP contribution >= 0.6 is 11.9 Å². The Morgan fingerprint density at radius 3 is 3.00 bits per heavy atom. The van der Waals surface area contributed by atoms with Crippen molar-refractivity contribution in [3.05, 3.63) is 47.8 Å². The molecule has 0 atom stereocenters. The summed E-state index contributed by atoms with van der Waals surface area (Å²) in [5, 5.41) is 5.76. The molecule has 2 aromatic rings. The Morgan fingerprint density at radius 1 is 1.33 bits per heavy atom. The van der Waals surface area contributed by atoms with Crippen molar-refractivity contribution in [3.8, 4) is 0 Å². The predicted octanol–water partition coefficient (Wildman–Crippen LogP) is 2.25. The minimum absolute atomic E-state index is 0.179. The Hall–Kier alpha value is -2.58. The van der Waals surface area contributed by atoms with Crippen molar-refractivity contribution in [3.63, 3.8) is 0 Å². The van der Waals surface area contributed by atoms with Crippen LogP contribution in [0, 0.1) is 0 Å². The minimum Gasteiger partial charge on any atom is -0.351 e. The van der Waals surface area contributed by atoms with Crippen molar-refractivity contribution in [1.82, 2.24) is 14.2 Å². The summed E-state index contributed by atoms with van der Waals surface area (Å²) in [6.45, 7) is 2.04. The molecule has 0 unspecified atom stereocenters. The second-order valence-corrected chi connectivity index (χ2v) is 7.36. The number of amides is 2. The number of unbranched alkanes of at least 4 members (excludes halogenated alkanes) is 1. The first-order valence-electron chi connectivity index (χ1n) is 8.80. The summed E-state index contributed by atoms with van der Waals surface area (Å²) in [4.78, 5) is 38.0. The van der Waals surface area contributed by atoms with Crippen molar-refractivity contribution in [2.24, 2.45) is 0 Å². The van der Waals surface area contributed by atoms with Crippen LogP contribution in [0.3, 0.4) is 0 Å². The number of hydrogen-bond donors (Lipinski definition) is 2. The van der Waals surface area contributed by atoms with Crippen LogP contribution in [0.5, 0.6) is 0 Å². The fourth-order valence-corrected chi connectivity index (χ4v) is 3.70. The van der Waals surface area contributed by atoms with Crippen LogP contribution in [0.25, 0.3) is 0 Å². The highest BCUT2D eigenvalue weighted by molar-refractivity contribution is 7.98. The molecule has 1 aromatic carbocycles. The van der Waals surface area contributed by atoms with Gasteiger partial charge in [0.1, 0.15) is 12.0 Å². The van der Waals surface area contributed by atoms with E-state index in [4.69, 9.17) is 0 Å². The maximum absolute atomic E-state index is 12.4. The van der Waals surface area contributed by atoms with E-state index in [2.05, 4.69) is 15.5 Å². The van der Waals surface area contributed by atoms with E-state index >= 15 is 0 Å². The van der Waals surface area contributed by atoms with Crippen molar-refractivity contribution in [2.45, 2.75) is 17.7 Å². The van der Waals surface area contributed by atoms with Gasteiger partial charge in [0, 0.05) is 31.3 Å². The average Bonchev–Trinajstić information content (AvgIpc) is 3.06. The van der Waals surface area contributed by atoms with Gasteiger partial charge in [-0.2, -0.15) is 0 Å². The van der Waals surface area contributed by atoms with Crippen LogP contribution in [-0.4, -0.2) is 53.7 Å². The predicted molar refractivity (Wildman–Crippen MR) is 105 cm³/mol. The zero-order valence-electron chi connectivity index (χ0n) is 15.1. The highest BCUT2D eigenvalue weighted by Crippen LogP contribution is 2.33. The summed E-state index contributed by atoms with van der Waals surface area (Å²) in [6.07, 6.45) is 4.13. The summed E-state index contributed by atoms with van der Waals surface area (Å²) in [6, 6.07) is 8.89. The molecule has 0 aliphatic carbocycles. The van der Waals surface area contributed by atoms with Crippen molar-refractivity contribution in [2.75, 3.05) is 32.0 Å². The number of hydrogen-bond acceptors (Lipinski definition) is 5. The van der Waals surface area contributed by atoms with Gasteiger partial charge in [0.25, 0.3) is 11.8 Å². The van der Waals surface area contributed by atoms with Gasteiger partial charge in [-0.25, -0.2) is 0 Å². The molecule has 7 nitrogen and oxygen atoms in total. The highest BCUT2D eigenvalue weighted by Gasteiger charge is 2.20. The molecule has 3 rings (SSSR count). The molecule has 1 aromatic heterocycles. The van der Waals surface area contributed by atoms with Crippen LogP contribution in [0.4, 0.5) is 5.69 Å². The zero-order chi connectivity index (χ0) is 19.2. The number of carbonyl (C=O) groups is 3. The Morgan fingerprint density at radius 2 is 2.19 bits per heavy atom. The molecule has 8 heteroatoms. The van der Waals surface area contributed by atoms with E-state index in [1.807, 2.05) is 25.4 Å². The maximum atomic E-state index is 12.4. The largest absolute Gasteiger partial charge is 0.351 e. The minimum atomic E-state index is -0.194. The zero-order valence-corrected chi connectivity index (χ0v) is 15.9. The van der Waals surface area contributed by atoms with Gasteiger partial charge in [-0.15, -0.1) is 0 Å². The molecule has 1 aliphatic rings. The molecule has 0 spiro atoms. The molecule has 2 N–H and O–H groups in total. The third kappa shape index (κ3) is 4.78. The number of rotatable bonds is 8. The summed E-state index contributed by atoms with van der Waals surface area (Å²) >= 11 is 1.44. The molecule has 142 valence electrons. The molecule has 0 bridgehead atoms. The standard InChI is InChI=1S/C19H22N4O3S/c1-22(9-2-3-12-24)11-8-20-18(25)14-6-7-17-15(13-14)21-19(26)16-5-4-10-23(16)27-17/h4-7,10,12-13H,2-3,8-9,11H2,1H3,(H,20,25)(H,21,26). The first-order valence-corrected chi connectivity index (χ1v) is 9.57. The van der Waals surface area contributed by atoms with Crippen LogP contribution in [0.1, 0.15) is 33.7 Å². The lowest BCUT2D eigenvalue weighted by Gasteiger charge is -2.16. The number of carbonyl (C=O) groups excluding carboxylic acids is 3. The molecular weight excluding hydrogens is 364 g/mol. The smallest absolute Gasteiger partial charge is 0.273 e. The summed E-state index contributed by atoms with van der Waals surface area (Å²) in [5.41, 5.74) is 1.71. The molecule has 0 radical (unpaired) electrons. The van der Waals surface area contributed by atoms with E-state index in [0.717, 1.165) is 24.1 Å². The lowest BCUT2D eigenvalue weighted by atomic mass is 10.2. The number of aldehydes is 1. The van der Waals surface area contributed by atoms with Crippen LogP contribution < -0.4 is 10.6 Å². The fraction of sp³-hybridized carbons (Fsp3) is 0.316. The summed E-state index contributed by atoms with van der Waals surface area (Å²) in [7, 11) is 1.96. The van der Waals surface area contributed by atoms with Gasteiger partial charge in [0.15, 0.2) is 0 Å². The van der Waals surface area contributed by atoms with Gasteiger partial charge < -0.3 is 20.3 Å². The molecule has 0 saturated heterocycles. The normalized spacial score (nSPS) is 12.7. The van der Waals surface area contributed by atoms with E-state index in [1.54, 1.807) is 22.2 Å². The Bertz CT molecular complexity index is 849. The number of benzene rings is 1. The second-order valence-electron chi connectivity index (χ2n) is 6.34. The number of likely N-dealkylation sites (N-methyl/N-ethyl adjacent to an activating group) is 1. The third-order valence-electron chi connectivity index (χ3n) is 4.27. The van der Waals surface area contributed by atoms with Gasteiger partial charge in [0.2, 0.25) is 0 Å². The topological polar surface area (TPSA) is 83.4 Å². The van der Waals surface area contributed by atoms with Crippen molar-refractivity contribution < 1.29 is 14.4 Å². The molecule has 2 heterocycles. The molecule has 2 amide bonds. The van der Waals surface area contributed by atoms with E-state index in [-0.39, 0.29) is 11.8 Å². The summed E-state index contributed by atoms with van der Waals surface area (Å²) in [5.74, 6) is -0.372. The monoisotopic (exact) mass is 386 g/mol. The maximum Gasteiger partial charge on any atom is 0.273 e. The van der Waals surface area contributed by atoms with Gasteiger partial charge in [-0.1, -0.05) is 0 Å². The number of nitrogens with zero attached hydrogens (tertiary/aromatic N) is 2. The SMILES string of the molecule is CN(CCCC=O)CCNC(=O)c1ccc2c(c1)NC(=O)c1cccn1S2. The quantitative estimate of drug-likeness (QED) is 0.537. The first-order chi connectivity index (χ1) is 13.1. The molecular formula is C19H22N4O3S. The Labute approximate surface area is 162 Å². The van der Waals surface area contributed by atoms with Crippen LogP contribution in [0.15, 0.2) is 41.4 Å². The Kier molecular flexibility index (Phi) is 6.31. The Balaban J connectivity index is 1.58. The van der Waals surface area contributed by atoms with E-state index in [9.17, 15) is 14.4 Å². The van der Waals surface area contributed by atoms with Gasteiger partial charge >= 0.3 is 0 Å². The fourth-order valence-electron chi connectivity index (χ4n) is 2.78. The van der Waals surface area contributed by atoms with E-state index in [1.165, 1.54) is 11.9 Å². The number of nitrogens with one attached hydrogen (secondary N) is 2. The molecule has 0 saturated carbocycles.